The lowest BCUT2D eigenvalue weighted by molar-refractivity contribution is 0.628. The van der Waals surface area contributed by atoms with Gasteiger partial charge in [0.25, 0.3) is 0 Å². The Morgan fingerprint density at radius 3 is 2.71 bits per heavy atom. The third-order valence-corrected chi connectivity index (χ3v) is 3.93. The van der Waals surface area contributed by atoms with Gasteiger partial charge in [-0.25, -0.2) is 4.39 Å². The van der Waals surface area contributed by atoms with E-state index in [4.69, 9.17) is 16.9 Å². The van der Waals surface area contributed by atoms with E-state index < -0.39 is 5.82 Å². The van der Waals surface area contributed by atoms with Crippen LogP contribution in [0.15, 0.2) is 36.4 Å². The number of rotatable bonds is 4. The van der Waals surface area contributed by atoms with Crippen LogP contribution in [0.5, 0.6) is 0 Å². The largest absolute Gasteiger partial charge is 0.310 e. The van der Waals surface area contributed by atoms with Gasteiger partial charge in [-0.15, -0.1) is 0 Å². The lowest BCUT2D eigenvalue weighted by atomic mass is 10.0. The first-order valence-electron chi connectivity index (χ1n) is 6.88. The fourth-order valence-corrected chi connectivity index (χ4v) is 2.44. The Morgan fingerprint density at radius 2 is 2.00 bits per heavy atom. The number of nitriles is 1. The Hall–Kier alpha value is -1.89. The van der Waals surface area contributed by atoms with Crippen LogP contribution in [0.25, 0.3) is 11.1 Å². The number of nitrogens with one attached hydrogen (secondary N) is 1. The van der Waals surface area contributed by atoms with Gasteiger partial charge in [-0.1, -0.05) is 17.7 Å². The molecule has 0 aromatic heterocycles. The van der Waals surface area contributed by atoms with Crippen molar-refractivity contribution in [1.82, 2.24) is 5.32 Å². The summed E-state index contributed by atoms with van der Waals surface area (Å²) in [5.74, 6) is -0.406. The number of hydrogen-bond donors (Lipinski definition) is 1. The Balaban J connectivity index is 1.92. The molecule has 0 saturated heterocycles. The Morgan fingerprint density at radius 1 is 1.19 bits per heavy atom. The van der Waals surface area contributed by atoms with Gasteiger partial charge in [0.1, 0.15) is 5.82 Å². The summed E-state index contributed by atoms with van der Waals surface area (Å²) in [6.07, 6.45) is 2.43. The SMILES string of the molecule is N#Cc1cc(F)cc(-c2ccc(Cl)c(CNC3CC3)c2)c1. The number of hydrogen-bond acceptors (Lipinski definition) is 2. The van der Waals surface area contributed by atoms with E-state index >= 15 is 0 Å². The maximum absolute atomic E-state index is 13.6. The smallest absolute Gasteiger partial charge is 0.125 e. The van der Waals surface area contributed by atoms with Crippen LogP contribution in [0.3, 0.4) is 0 Å². The summed E-state index contributed by atoms with van der Waals surface area (Å²) >= 11 is 6.21. The van der Waals surface area contributed by atoms with E-state index in [0.717, 1.165) is 11.1 Å². The van der Waals surface area contributed by atoms with Crippen molar-refractivity contribution in [1.29, 1.82) is 5.26 Å². The molecule has 0 heterocycles. The minimum absolute atomic E-state index is 0.317. The van der Waals surface area contributed by atoms with E-state index in [-0.39, 0.29) is 0 Å². The molecule has 106 valence electrons. The molecule has 2 aromatic carbocycles. The van der Waals surface area contributed by atoms with Crippen molar-refractivity contribution in [3.63, 3.8) is 0 Å². The number of halogens is 2. The topological polar surface area (TPSA) is 35.8 Å². The molecular weight excluding hydrogens is 287 g/mol. The van der Waals surface area contributed by atoms with Crippen molar-refractivity contribution in [3.05, 3.63) is 58.4 Å². The van der Waals surface area contributed by atoms with Gasteiger partial charge in [-0.05, 0) is 59.9 Å². The molecule has 0 spiro atoms. The standard InChI is InChI=1S/C17H14ClFN2/c18-17-4-1-12(7-14(17)10-21-16-2-3-16)13-5-11(9-20)6-15(19)8-13/h1,4-8,16,21H,2-3,10H2. The van der Waals surface area contributed by atoms with E-state index in [0.29, 0.717) is 28.7 Å². The van der Waals surface area contributed by atoms with Crippen molar-refractivity contribution >= 4 is 11.6 Å². The van der Waals surface area contributed by atoms with Crippen molar-refractivity contribution in [3.8, 4) is 17.2 Å². The van der Waals surface area contributed by atoms with Gasteiger partial charge < -0.3 is 5.32 Å². The first-order chi connectivity index (χ1) is 10.2. The average Bonchev–Trinajstić information content (AvgIpc) is 3.30. The third-order valence-electron chi connectivity index (χ3n) is 3.56. The maximum atomic E-state index is 13.6. The molecule has 3 rings (SSSR count). The van der Waals surface area contributed by atoms with Crippen LogP contribution in [-0.2, 0) is 6.54 Å². The predicted molar refractivity (Wildman–Crippen MR) is 81.4 cm³/mol. The van der Waals surface area contributed by atoms with E-state index in [1.165, 1.54) is 25.0 Å². The third kappa shape index (κ3) is 3.41. The van der Waals surface area contributed by atoms with Crippen molar-refractivity contribution in [2.24, 2.45) is 0 Å². The predicted octanol–water partition coefficient (Wildman–Crippen LogP) is 4.27. The fourth-order valence-electron chi connectivity index (χ4n) is 2.25. The summed E-state index contributed by atoms with van der Waals surface area (Å²) in [4.78, 5) is 0. The molecule has 0 amide bonds. The zero-order chi connectivity index (χ0) is 14.8. The first kappa shape index (κ1) is 14.1. The van der Waals surface area contributed by atoms with Gasteiger partial charge in [-0.2, -0.15) is 5.26 Å². The summed E-state index contributed by atoms with van der Waals surface area (Å²) < 4.78 is 13.6. The second kappa shape index (κ2) is 5.85. The van der Waals surface area contributed by atoms with E-state index in [1.807, 2.05) is 24.3 Å². The van der Waals surface area contributed by atoms with E-state index in [9.17, 15) is 4.39 Å². The molecule has 0 aliphatic heterocycles. The molecule has 0 atom stereocenters. The van der Waals surface area contributed by atoms with Gasteiger partial charge in [0, 0.05) is 17.6 Å². The normalized spacial score (nSPS) is 14.0. The van der Waals surface area contributed by atoms with Gasteiger partial charge in [-0.3, -0.25) is 0 Å². The molecule has 0 radical (unpaired) electrons. The van der Waals surface area contributed by atoms with Crippen LogP contribution in [0.4, 0.5) is 4.39 Å². The van der Waals surface area contributed by atoms with Gasteiger partial charge in [0.2, 0.25) is 0 Å². The van der Waals surface area contributed by atoms with Crippen LogP contribution in [0, 0.1) is 17.1 Å². The zero-order valence-electron chi connectivity index (χ0n) is 11.4. The summed E-state index contributed by atoms with van der Waals surface area (Å²) in [5.41, 5.74) is 2.86. The molecule has 0 unspecified atom stereocenters. The molecule has 2 nitrogen and oxygen atoms in total. The van der Waals surface area contributed by atoms with Gasteiger partial charge in [0.15, 0.2) is 0 Å². The quantitative estimate of drug-likeness (QED) is 0.915. The zero-order valence-corrected chi connectivity index (χ0v) is 12.1. The summed E-state index contributed by atoms with van der Waals surface area (Å²) in [6, 6.07) is 12.5. The number of nitrogens with zero attached hydrogens (tertiary/aromatic N) is 1. The first-order valence-corrected chi connectivity index (χ1v) is 7.26. The highest BCUT2D eigenvalue weighted by Crippen LogP contribution is 2.27. The van der Waals surface area contributed by atoms with Crippen LogP contribution in [0.1, 0.15) is 24.0 Å². The summed E-state index contributed by atoms with van der Waals surface area (Å²) in [6.45, 7) is 0.706. The highest BCUT2D eigenvalue weighted by molar-refractivity contribution is 6.31. The van der Waals surface area contributed by atoms with Crippen LogP contribution in [0.2, 0.25) is 5.02 Å². The molecule has 1 saturated carbocycles. The molecule has 0 bridgehead atoms. The lowest BCUT2D eigenvalue weighted by Crippen LogP contribution is -2.15. The lowest BCUT2D eigenvalue weighted by Gasteiger charge is -2.09. The second-order valence-corrected chi connectivity index (χ2v) is 5.71. The fraction of sp³-hybridized carbons (Fsp3) is 0.235. The highest BCUT2D eigenvalue weighted by atomic mass is 35.5. The average molecular weight is 301 g/mol. The van der Waals surface area contributed by atoms with Crippen molar-refractivity contribution in [2.45, 2.75) is 25.4 Å². The monoisotopic (exact) mass is 300 g/mol. The summed E-state index contributed by atoms with van der Waals surface area (Å²) in [5, 5.41) is 13.0. The Bertz CT molecular complexity index is 717. The van der Waals surface area contributed by atoms with Crippen molar-refractivity contribution < 1.29 is 4.39 Å². The molecule has 4 heteroatoms. The van der Waals surface area contributed by atoms with Gasteiger partial charge >= 0.3 is 0 Å². The number of benzene rings is 2. The molecular formula is C17H14ClFN2. The van der Waals surface area contributed by atoms with Crippen LogP contribution < -0.4 is 5.32 Å². The van der Waals surface area contributed by atoms with Crippen molar-refractivity contribution in [2.75, 3.05) is 0 Å². The molecule has 21 heavy (non-hydrogen) atoms. The maximum Gasteiger partial charge on any atom is 0.125 e. The molecule has 1 fully saturated rings. The van der Waals surface area contributed by atoms with E-state index in [2.05, 4.69) is 5.32 Å². The summed E-state index contributed by atoms with van der Waals surface area (Å²) in [7, 11) is 0. The molecule has 1 N–H and O–H groups in total. The Labute approximate surface area is 128 Å². The minimum atomic E-state index is -0.406. The minimum Gasteiger partial charge on any atom is -0.310 e. The Kier molecular flexibility index (Phi) is 3.92. The molecule has 1 aliphatic rings. The molecule has 1 aliphatic carbocycles. The van der Waals surface area contributed by atoms with Gasteiger partial charge in [0.05, 0.1) is 11.6 Å². The highest BCUT2D eigenvalue weighted by Gasteiger charge is 2.20. The van der Waals surface area contributed by atoms with Crippen LogP contribution in [-0.4, -0.2) is 6.04 Å². The second-order valence-electron chi connectivity index (χ2n) is 5.30. The van der Waals surface area contributed by atoms with Crippen LogP contribution >= 0.6 is 11.6 Å². The molecule has 2 aromatic rings. The van der Waals surface area contributed by atoms with E-state index in [1.54, 1.807) is 6.07 Å².